The molecule has 3 rings (SSSR count). The Morgan fingerprint density at radius 1 is 1.29 bits per heavy atom. The Morgan fingerprint density at radius 2 is 2.08 bits per heavy atom. The van der Waals surface area contributed by atoms with Crippen molar-refractivity contribution < 1.29 is 13.6 Å². The largest absolute Gasteiger partial charge is 0.464 e. The third-order valence-electron chi connectivity index (χ3n) is 4.04. The molecule has 0 unspecified atom stereocenters. The standard InChI is InChI=1S/C19H17ClFNO2/c1-12-6-7-14-13(11-24-18(14)8-12)9-19(23)22(2)10-15-16(20)4-3-5-17(15)21/h3-8,11H,9-10H2,1-2H3. The molecule has 3 aromatic rings. The Hall–Kier alpha value is -2.33. The predicted octanol–water partition coefficient (Wildman–Crippen LogP) is 4.73. The molecule has 0 aliphatic heterocycles. The van der Waals surface area contributed by atoms with E-state index in [4.69, 9.17) is 16.0 Å². The molecular formula is C19H17ClFNO2. The van der Waals surface area contributed by atoms with E-state index in [1.807, 2.05) is 25.1 Å². The van der Waals surface area contributed by atoms with E-state index in [2.05, 4.69) is 0 Å². The van der Waals surface area contributed by atoms with Crippen molar-refractivity contribution in [3.05, 3.63) is 70.2 Å². The van der Waals surface area contributed by atoms with Gasteiger partial charge >= 0.3 is 0 Å². The Morgan fingerprint density at radius 3 is 2.83 bits per heavy atom. The average Bonchev–Trinajstić information content (AvgIpc) is 2.92. The lowest BCUT2D eigenvalue weighted by atomic mass is 10.1. The highest BCUT2D eigenvalue weighted by Gasteiger charge is 2.17. The van der Waals surface area contributed by atoms with Crippen molar-refractivity contribution in [2.75, 3.05) is 7.05 Å². The van der Waals surface area contributed by atoms with Gasteiger partial charge in [-0.05, 0) is 30.7 Å². The molecule has 0 aliphatic rings. The minimum absolute atomic E-state index is 0.124. The summed E-state index contributed by atoms with van der Waals surface area (Å²) in [6, 6.07) is 10.4. The summed E-state index contributed by atoms with van der Waals surface area (Å²) in [4.78, 5) is 13.9. The van der Waals surface area contributed by atoms with Gasteiger partial charge in [0.2, 0.25) is 5.91 Å². The Bertz CT molecular complexity index is 883. The van der Waals surface area contributed by atoms with Crippen molar-refractivity contribution in [1.82, 2.24) is 4.90 Å². The van der Waals surface area contributed by atoms with Gasteiger partial charge in [-0.15, -0.1) is 0 Å². The number of carbonyl (C=O) groups excluding carboxylic acids is 1. The highest BCUT2D eigenvalue weighted by Crippen LogP contribution is 2.24. The van der Waals surface area contributed by atoms with Gasteiger partial charge < -0.3 is 9.32 Å². The second-order valence-corrected chi connectivity index (χ2v) is 6.29. The molecule has 2 aromatic carbocycles. The second-order valence-electron chi connectivity index (χ2n) is 5.89. The van der Waals surface area contributed by atoms with Crippen molar-refractivity contribution in [1.29, 1.82) is 0 Å². The van der Waals surface area contributed by atoms with Crippen molar-refractivity contribution in [2.24, 2.45) is 0 Å². The minimum Gasteiger partial charge on any atom is -0.464 e. The number of hydrogen-bond donors (Lipinski definition) is 0. The normalized spacial score (nSPS) is 11.0. The molecule has 1 amide bonds. The van der Waals surface area contributed by atoms with Crippen LogP contribution < -0.4 is 0 Å². The number of halogens is 2. The van der Waals surface area contributed by atoms with Gasteiger partial charge in [0.1, 0.15) is 11.4 Å². The number of rotatable bonds is 4. The average molecular weight is 346 g/mol. The van der Waals surface area contributed by atoms with Crippen molar-refractivity contribution >= 4 is 28.5 Å². The Labute approximate surface area is 144 Å². The summed E-state index contributed by atoms with van der Waals surface area (Å²) in [6.07, 6.45) is 1.80. The van der Waals surface area contributed by atoms with Gasteiger partial charge in [0.05, 0.1) is 12.7 Å². The number of hydrogen-bond acceptors (Lipinski definition) is 2. The number of fused-ring (bicyclic) bond motifs is 1. The molecule has 3 nitrogen and oxygen atoms in total. The maximum Gasteiger partial charge on any atom is 0.227 e. The number of benzene rings is 2. The lowest BCUT2D eigenvalue weighted by Gasteiger charge is -2.18. The third-order valence-corrected chi connectivity index (χ3v) is 4.39. The summed E-state index contributed by atoms with van der Waals surface area (Å²) in [5.74, 6) is -0.538. The lowest BCUT2D eigenvalue weighted by Crippen LogP contribution is -2.28. The molecular weight excluding hydrogens is 329 g/mol. The first-order chi connectivity index (χ1) is 11.5. The van der Waals surface area contributed by atoms with Gasteiger partial charge in [-0.3, -0.25) is 4.79 Å². The minimum atomic E-state index is -0.411. The van der Waals surface area contributed by atoms with Gasteiger partial charge in [-0.25, -0.2) is 4.39 Å². The quantitative estimate of drug-likeness (QED) is 0.684. The summed E-state index contributed by atoms with van der Waals surface area (Å²) in [5, 5.41) is 1.24. The van der Waals surface area contributed by atoms with E-state index in [0.717, 1.165) is 22.1 Å². The molecule has 0 fully saturated rings. The molecule has 1 aromatic heterocycles. The van der Waals surface area contributed by atoms with Crippen molar-refractivity contribution in [2.45, 2.75) is 19.9 Å². The van der Waals surface area contributed by atoms with E-state index < -0.39 is 5.82 Å². The molecule has 24 heavy (non-hydrogen) atoms. The van der Waals surface area contributed by atoms with Crippen LogP contribution in [0.1, 0.15) is 16.7 Å². The molecule has 0 aliphatic carbocycles. The summed E-state index contributed by atoms with van der Waals surface area (Å²) >= 11 is 6.02. The Kier molecular flexibility index (Phi) is 4.58. The third kappa shape index (κ3) is 3.29. The van der Waals surface area contributed by atoms with E-state index >= 15 is 0 Å². The van der Waals surface area contributed by atoms with Gasteiger partial charge in [0.15, 0.2) is 0 Å². The first-order valence-corrected chi connectivity index (χ1v) is 7.97. The topological polar surface area (TPSA) is 33.5 Å². The lowest BCUT2D eigenvalue weighted by molar-refractivity contribution is -0.129. The molecule has 1 heterocycles. The molecule has 5 heteroatoms. The van der Waals surface area contributed by atoms with Gasteiger partial charge in [0.25, 0.3) is 0 Å². The van der Waals surface area contributed by atoms with E-state index in [1.165, 1.54) is 11.0 Å². The summed E-state index contributed by atoms with van der Waals surface area (Å²) in [5.41, 5.74) is 3.00. The molecule has 0 atom stereocenters. The maximum absolute atomic E-state index is 13.9. The number of furan rings is 1. The van der Waals surface area contributed by atoms with Crippen LogP contribution in [0.15, 0.2) is 47.1 Å². The number of nitrogens with zero attached hydrogens (tertiary/aromatic N) is 1. The fourth-order valence-electron chi connectivity index (χ4n) is 2.63. The van der Waals surface area contributed by atoms with Crippen LogP contribution in [0.3, 0.4) is 0 Å². The van der Waals surface area contributed by atoms with Crippen molar-refractivity contribution in [3.63, 3.8) is 0 Å². The van der Waals surface area contributed by atoms with Crippen LogP contribution in [0.5, 0.6) is 0 Å². The zero-order valence-corrected chi connectivity index (χ0v) is 14.2. The number of amides is 1. The monoisotopic (exact) mass is 345 g/mol. The fourth-order valence-corrected chi connectivity index (χ4v) is 2.86. The maximum atomic E-state index is 13.9. The SMILES string of the molecule is Cc1ccc2c(CC(=O)N(C)Cc3c(F)cccc3Cl)coc2c1. The van der Waals surface area contributed by atoms with Crippen LogP contribution in [0.25, 0.3) is 11.0 Å². The van der Waals surface area contributed by atoms with Crippen LogP contribution in [0.2, 0.25) is 5.02 Å². The molecule has 124 valence electrons. The number of carbonyl (C=O) groups is 1. The van der Waals surface area contributed by atoms with Crippen LogP contribution in [-0.4, -0.2) is 17.9 Å². The van der Waals surface area contributed by atoms with E-state index in [9.17, 15) is 9.18 Å². The van der Waals surface area contributed by atoms with Gasteiger partial charge in [-0.1, -0.05) is 29.8 Å². The second kappa shape index (κ2) is 6.65. The van der Waals surface area contributed by atoms with E-state index in [0.29, 0.717) is 10.6 Å². The van der Waals surface area contributed by atoms with E-state index in [1.54, 1.807) is 25.4 Å². The van der Waals surface area contributed by atoms with Crippen molar-refractivity contribution in [3.8, 4) is 0 Å². The smallest absolute Gasteiger partial charge is 0.227 e. The van der Waals surface area contributed by atoms with E-state index in [-0.39, 0.29) is 18.9 Å². The molecule has 0 bridgehead atoms. The molecule has 0 radical (unpaired) electrons. The van der Waals surface area contributed by atoms with Crippen LogP contribution in [0, 0.1) is 12.7 Å². The zero-order valence-electron chi connectivity index (χ0n) is 13.5. The fraction of sp³-hybridized carbons (Fsp3) is 0.211. The summed E-state index contributed by atoms with van der Waals surface area (Å²) in [7, 11) is 1.64. The van der Waals surface area contributed by atoms with Crippen LogP contribution in [0.4, 0.5) is 4.39 Å². The molecule has 0 N–H and O–H groups in total. The van der Waals surface area contributed by atoms with Crippen LogP contribution >= 0.6 is 11.6 Å². The van der Waals surface area contributed by atoms with Gasteiger partial charge in [-0.2, -0.15) is 0 Å². The number of likely N-dealkylation sites (N-methyl/N-ethyl adjacent to an activating group) is 1. The van der Waals surface area contributed by atoms with Gasteiger partial charge in [0, 0.05) is 35.1 Å². The van der Waals surface area contributed by atoms with Crippen LogP contribution in [-0.2, 0) is 17.8 Å². The first kappa shape index (κ1) is 16.5. The summed E-state index contributed by atoms with van der Waals surface area (Å²) < 4.78 is 19.4. The molecule has 0 spiro atoms. The highest BCUT2D eigenvalue weighted by atomic mass is 35.5. The highest BCUT2D eigenvalue weighted by molar-refractivity contribution is 6.31. The molecule has 0 saturated carbocycles. The Balaban J connectivity index is 1.76. The zero-order chi connectivity index (χ0) is 17.3. The predicted molar refractivity (Wildman–Crippen MR) is 92.5 cm³/mol. The number of aryl methyl sites for hydroxylation is 1. The first-order valence-electron chi connectivity index (χ1n) is 7.59. The molecule has 0 saturated heterocycles. The summed E-state index contributed by atoms with van der Waals surface area (Å²) in [6.45, 7) is 2.11.